The first-order chi connectivity index (χ1) is 9.91. The van der Waals surface area contributed by atoms with E-state index in [1.165, 1.54) is 12.1 Å². The molecule has 0 fully saturated rings. The van der Waals surface area contributed by atoms with Gasteiger partial charge in [0, 0.05) is 23.8 Å². The van der Waals surface area contributed by atoms with Crippen LogP contribution in [0.4, 0.5) is 19.0 Å². The first kappa shape index (κ1) is 15.8. The molecular weight excluding hydrogens is 345 g/mol. The molecule has 0 spiro atoms. The average Bonchev–Trinajstić information content (AvgIpc) is 2.45. The normalized spacial score (nSPS) is 11.5. The summed E-state index contributed by atoms with van der Waals surface area (Å²) in [5.74, 6) is 0.651. The van der Waals surface area contributed by atoms with Gasteiger partial charge in [-0.3, -0.25) is 0 Å². The second kappa shape index (κ2) is 6.47. The van der Waals surface area contributed by atoms with E-state index in [1.54, 1.807) is 23.2 Å². The predicted molar refractivity (Wildman–Crippen MR) is 80.1 cm³/mol. The van der Waals surface area contributed by atoms with Gasteiger partial charge in [0.2, 0.25) is 0 Å². The molecule has 0 saturated carbocycles. The molecule has 1 heterocycles. The van der Waals surface area contributed by atoms with Crippen molar-refractivity contribution in [2.24, 2.45) is 0 Å². The SMILES string of the molecule is CCN(Cc1ccccc1C(F)(F)F)c1ccc(Br)cn1. The summed E-state index contributed by atoms with van der Waals surface area (Å²) < 4.78 is 39.9. The van der Waals surface area contributed by atoms with Crippen LogP contribution in [0.1, 0.15) is 18.1 Å². The Kier molecular flexibility index (Phi) is 4.88. The summed E-state index contributed by atoms with van der Waals surface area (Å²) in [6, 6.07) is 9.24. The molecular formula is C15H14BrF3N2. The highest BCUT2D eigenvalue weighted by atomic mass is 79.9. The maximum atomic E-state index is 13.0. The van der Waals surface area contributed by atoms with Crippen LogP contribution in [0.3, 0.4) is 0 Å². The largest absolute Gasteiger partial charge is 0.416 e. The fourth-order valence-corrected chi connectivity index (χ4v) is 2.28. The van der Waals surface area contributed by atoms with Crippen LogP contribution in [0.15, 0.2) is 47.1 Å². The topological polar surface area (TPSA) is 16.1 Å². The Morgan fingerprint density at radius 2 is 1.86 bits per heavy atom. The van der Waals surface area contributed by atoms with Crippen molar-refractivity contribution in [2.45, 2.75) is 19.6 Å². The number of hydrogen-bond acceptors (Lipinski definition) is 2. The number of pyridine rings is 1. The Morgan fingerprint density at radius 3 is 2.43 bits per heavy atom. The summed E-state index contributed by atoms with van der Waals surface area (Å²) in [5, 5.41) is 0. The van der Waals surface area contributed by atoms with Crippen LogP contribution in [-0.4, -0.2) is 11.5 Å². The molecule has 2 aromatic rings. The van der Waals surface area contributed by atoms with E-state index in [0.717, 1.165) is 10.5 Å². The van der Waals surface area contributed by atoms with Crippen molar-refractivity contribution >= 4 is 21.7 Å². The summed E-state index contributed by atoms with van der Waals surface area (Å²) in [7, 11) is 0. The van der Waals surface area contributed by atoms with Gasteiger partial charge in [0.15, 0.2) is 0 Å². The van der Waals surface area contributed by atoms with Gasteiger partial charge in [0.1, 0.15) is 5.82 Å². The Hall–Kier alpha value is -1.56. The molecule has 0 amide bonds. The van der Waals surface area contributed by atoms with E-state index < -0.39 is 11.7 Å². The molecule has 6 heteroatoms. The molecule has 0 atom stereocenters. The highest BCUT2D eigenvalue weighted by Crippen LogP contribution is 2.32. The van der Waals surface area contributed by atoms with Crippen LogP contribution >= 0.6 is 15.9 Å². The molecule has 0 saturated heterocycles. The van der Waals surface area contributed by atoms with Crippen LogP contribution in [-0.2, 0) is 12.7 Å². The number of anilines is 1. The minimum absolute atomic E-state index is 0.167. The second-order valence-corrected chi connectivity index (χ2v) is 5.42. The predicted octanol–water partition coefficient (Wildman–Crippen LogP) is 4.89. The van der Waals surface area contributed by atoms with Gasteiger partial charge in [-0.05, 0) is 46.6 Å². The minimum atomic E-state index is -4.34. The van der Waals surface area contributed by atoms with Crippen molar-refractivity contribution in [2.75, 3.05) is 11.4 Å². The fraction of sp³-hybridized carbons (Fsp3) is 0.267. The minimum Gasteiger partial charge on any atom is -0.353 e. The number of halogens is 4. The Morgan fingerprint density at radius 1 is 1.14 bits per heavy atom. The molecule has 1 aromatic heterocycles. The molecule has 0 radical (unpaired) electrons. The molecule has 1 aromatic carbocycles. The standard InChI is InChI=1S/C15H14BrF3N2/c1-2-21(14-8-7-12(16)9-20-14)10-11-5-3-4-6-13(11)15(17,18)19/h3-9H,2,10H2,1H3. The lowest BCUT2D eigenvalue weighted by molar-refractivity contribution is -0.138. The van der Waals surface area contributed by atoms with E-state index >= 15 is 0 Å². The lowest BCUT2D eigenvalue weighted by Gasteiger charge is -2.24. The molecule has 2 nitrogen and oxygen atoms in total. The van der Waals surface area contributed by atoms with Crippen molar-refractivity contribution in [3.63, 3.8) is 0 Å². The van der Waals surface area contributed by atoms with E-state index in [9.17, 15) is 13.2 Å². The molecule has 112 valence electrons. The van der Waals surface area contributed by atoms with E-state index in [-0.39, 0.29) is 12.1 Å². The fourth-order valence-electron chi connectivity index (χ4n) is 2.05. The molecule has 0 unspecified atom stereocenters. The lowest BCUT2D eigenvalue weighted by atomic mass is 10.1. The van der Waals surface area contributed by atoms with Gasteiger partial charge in [-0.1, -0.05) is 18.2 Å². The number of alkyl halides is 3. The summed E-state index contributed by atoms with van der Waals surface area (Å²) in [6.07, 6.45) is -2.71. The van der Waals surface area contributed by atoms with Crippen molar-refractivity contribution in [3.05, 3.63) is 58.2 Å². The summed E-state index contributed by atoms with van der Waals surface area (Å²) in [5.41, 5.74) is -0.350. The number of rotatable bonds is 4. The number of benzene rings is 1. The number of hydrogen-bond donors (Lipinski definition) is 0. The van der Waals surface area contributed by atoms with Gasteiger partial charge in [-0.15, -0.1) is 0 Å². The lowest BCUT2D eigenvalue weighted by Crippen LogP contribution is -2.24. The van der Waals surface area contributed by atoms with Gasteiger partial charge in [-0.25, -0.2) is 4.98 Å². The zero-order valence-electron chi connectivity index (χ0n) is 11.4. The van der Waals surface area contributed by atoms with Crippen LogP contribution < -0.4 is 4.90 Å². The Labute approximate surface area is 129 Å². The third-order valence-corrected chi connectivity index (χ3v) is 3.57. The summed E-state index contributed by atoms with van der Waals surface area (Å²) in [4.78, 5) is 6.04. The van der Waals surface area contributed by atoms with Crippen LogP contribution in [0.5, 0.6) is 0 Å². The molecule has 0 N–H and O–H groups in total. The second-order valence-electron chi connectivity index (χ2n) is 4.50. The first-order valence-electron chi connectivity index (χ1n) is 6.43. The molecule has 2 rings (SSSR count). The van der Waals surface area contributed by atoms with Crippen LogP contribution in [0.25, 0.3) is 0 Å². The zero-order valence-corrected chi connectivity index (χ0v) is 12.9. The quantitative estimate of drug-likeness (QED) is 0.773. The number of aromatic nitrogens is 1. The van der Waals surface area contributed by atoms with Crippen LogP contribution in [0, 0.1) is 0 Å². The average molecular weight is 359 g/mol. The molecule has 0 aliphatic heterocycles. The van der Waals surface area contributed by atoms with E-state index in [2.05, 4.69) is 20.9 Å². The van der Waals surface area contributed by atoms with Gasteiger partial charge in [0.05, 0.1) is 5.56 Å². The molecule has 0 aliphatic carbocycles. The van der Waals surface area contributed by atoms with Gasteiger partial charge >= 0.3 is 6.18 Å². The van der Waals surface area contributed by atoms with E-state index in [0.29, 0.717) is 12.4 Å². The molecule has 0 aliphatic rings. The smallest absolute Gasteiger partial charge is 0.353 e. The van der Waals surface area contributed by atoms with Crippen molar-refractivity contribution in [1.29, 1.82) is 0 Å². The highest BCUT2D eigenvalue weighted by molar-refractivity contribution is 9.10. The monoisotopic (exact) mass is 358 g/mol. The highest BCUT2D eigenvalue weighted by Gasteiger charge is 2.33. The van der Waals surface area contributed by atoms with E-state index in [1.807, 2.05) is 13.0 Å². The third kappa shape index (κ3) is 3.97. The maximum absolute atomic E-state index is 13.0. The van der Waals surface area contributed by atoms with Gasteiger partial charge in [0.25, 0.3) is 0 Å². The van der Waals surface area contributed by atoms with Crippen molar-refractivity contribution in [1.82, 2.24) is 4.98 Å². The Bertz CT molecular complexity index is 597. The van der Waals surface area contributed by atoms with Gasteiger partial charge in [-0.2, -0.15) is 13.2 Å². The van der Waals surface area contributed by atoms with E-state index in [4.69, 9.17) is 0 Å². The summed E-state index contributed by atoms with van der Waals surface area (Å²) in [6.45, 7) is 2.63. The third-order valence-electron chi connectivity index (χ3n) is 3.10. The Balaban J connectivity index is 2.29. The number of nitrogens with zero attached hydrogens (tertiary/aromatic N) is 2. The first-order valence-corrected chi connectivity index (χ1v) is 7.22. The van der Waals surface area contributed by atoms with Gasteiger partial charge < -0.3 is 4.90 Å². The van der Waals surface area contributed by atoms with Crippen molar-refractivity contribution in [3.8, 4) is 0 Å². The van der Waals surface area contributed by atoms with Crippen LogP contribution in [0.2, 0.25) is 0 Å². The van der Waals surface area contributed by atoms with Crippen molar-refractivity contribution < 1.29 is 13.2 Å². The molecule has 21 heavy (non-hydrogen) atoms. The maximum Gasteiger partial charge on any atom is 0.416 e. The summed E-state index contributed by atoms with van der Waals surface area (Å²) >= 11 is 3.29. The molecule has 0 bridgehead atoms. The zero-order chi connectivity index (χ0) is 15.5.